The van der Waals surface area contributed by atoms with Gasteiger partial charge in [0.2, 0.25) is 0 Å². The Labute approximate surface area is 197 Å². The molecule has 2 heterocycles. The van der Waals surface area contributed by atoms with Gasteiger partial charge in [-0.25, -0.2) is 0 Å². The SMILES string of the molecule is CC(C)OC1CC[C@@]2(C)C(=CCC3C4CC5C([C@H](C)C6CC[C@H](C)CN56)[C@@]4(C)CCC32)C1. The van der Waals surface area contributed by atoms with Crippen molar-refractivity contribution in [2.75, 3.05) is 6.54 Å². The summed E-state index contributed by atoms with van der Waals surface area (Å²) < 4.78 is 6.28. The molecule has 0 spiro atoms. The van der Waals surface area contributed by atoms with E-state index < -0.39 is 0 Å². The quantitative estimate of drug-likeness (QED) is 0.426. The van der Waals surface area contributed by atoms with Gasteiger partial charge in [0.05, 0.1) is 12.2 Å². The predicted molar refractivity (Wildman–Crippen MR) is 132 cm³/mol. The van der Waals surface area contributed by atoms with Crippen LogP contribution in [0.5, 0.6) is 0 Å². The lowest BCUT2D eigenvalue weighted by Gasteiger charge is -2.58. The van der Waals surface area contributed by atoms with Gasteiger partial charge in [0.1, 0.15) is 0 Å². The molecule has 2 nitrogen and oxygen atoms in total. The summed E-state index contributed by atoms with van der Waals surface area (Å²) in [7, 11) is 0. The highest BCUT2D eigenvalue weighted by atomic mass is 16.5. The molecule has 0 bridgehead atoms. The van der Waals surface area contributed by atoms with Gasteiger partial charge in [-0.2, -0.15) is 0 Å². The molecular formula is C30H49NO. The molecule has 3 saturated carbocycles. The molecule has 4 aliphatic carbocycles. The van der Waals surface area contributed by atoms with E-state index in [4.69, 9.17) is 4.74 Å². The summed E-state index contributed by atoms with van der Waals surface area (Å²) in [5.41, 5.74) is 2.81. The van der Waals surface area contributed by atoms with Gasteiger partial charge in [-0.15, -0.1) is 0 Å². The van der Waals surface area contributed by atoms with Crippen molar-refractivity contribution >= 4 is 0 Å². The minimum Gasteiger partial charge on any atom is -0.375 e. The van der Waals surface area contributed by atoms with E-state index in [0.29, 0.717) is 23.0 Å². The van der Waals surface area contributed by atoms with Gasteiger partial charge in [-0.3, -0.25) is 4.90 Å². The maximum atomic E-state index is 6.28. The topological polar surface area (TPSA) is 12.5 Å². The molecule has 0 aromatic heterocycles. The molecule has 6 rings (SSSR count). The number of hydrogen-bond donors (Lipinski definition) is 0. The Bertz CT molecular complexity index is 773. The summed E-state index contributed by atoms with van der Waals surface area (Å²) in [6, 6.07) is 1.78. The van der Waals surface area contributed by atoms with Crippen LogP contribution in [0.25, 0.3) is 0 Å². The summed E-state index contributed by atoms with van der Waals surface area (Å²) >= 11 is 0. The molecule has 2 heteroatoms. The van der Waals surface area contributed by atoms with Crippen LogP contribution in [0.1, 0.15) is 99.3 Å². The first-order valence-corrected chi connectivity index (χ1v) is 14.3. The highest BCUT2D eigenvalue weighted by Crippen LogP contribution is 2.69. The molecule has 7 unspecified atom stereocenters. The second kappa shape index (κ2) is 7.58. The molecule has 0 aromatic rings. The Morgan fingerprint density at radius 3 is 2.59 bits per heavy atom. The smallest absolute Gasteiger partial charge is 0.0616 e. The minimum absolute atomic E-state index is 0.359. The van der Waals surface area contributed by atoms with Crippen LogP contribution in [0, 0.1) is 46.3 Å². The molecule has 2 aliphatic heterocycles. The highest BCUT2D eigenvalue weighted by Gasteiger charge is 2.66. The van der Waals surface area contributed by atoms with Crippen LogP contribution in [0.2, 0.25) is 0 Å². The molecule has 0 amide bonds. The Hall–Kier alpha value is -0.340. The van der Waals surface area contributed by atoms with Gasteiger partial charge in [-0.1, -0.05) is 39.3 Å². The lowest BCUT2D eigenvalue weighted by atomic mass is 9.47. The van der Waals surface area contributed by atoms with Crippen LogP contribution in [0.4, 0.5) is 0 Å². The average molecular weight is 440 g/mol. The van der Waals surface area contributed by atoms with E-state index in [1.165, 1.54) is 64.3 Å². The van der Waals surface area contributed by atoms with Crippen LogP contribution in [0.3, 0.4) is 0 Å². The van der Waals surface area contributed by atoms with Gasteiger partial charge < -0.3 is 4.74 Å². The summed E-state index contributed by atoms with van der Waals surface area (Å²) in [6.45, 7) is 16.3. The number of rotatable bonds is 2. The fourth-order valence-electron chi connectivity index (χ4n) is 10.9. The molecule has 11 atom stereocenters. The van der Waals surface area contributed by atoms with E-state index in [-0.39, 0.29) is 0 Å². The van der Waals surface area contributed by atoms with Crippen molar-refractivity contribution in [1.29, 1.82) is 0 Å². The number of piperidine rings is 1. The van der Waals surface area contributed by atoms with Gasteiger partial charge in [-0.05, 0) is 118 Å². The first-order chi connectivity index (χ1) is 15.2. The second-order valence-electron chi connectivity index (χ2n) is 14.0. The molecule has 0 radical (unpaired) electrons. The normalized spacial score (nSPS) is 55.0. The van der Waals surface area contributed by atoms with Crippen LogP contribution < -0.4 is 0 Å². The zero-order valence-corrected chi connectivity index (χ0v) is 21.8. The largest absolute Gasteiger partial charge is 0.375 e. The van der Waals surface area contributed by atoms with Crippen molar-refractivity contribution in [3.05, 3.63) is 11.6 Å². The zero-order chi connectivity index (χ0) is 22.4. The maximum Gasteiger partial charge on any atom is 0.0616 e. The van der Waals surface area contributed by atoms with Crippen molar-refractivity contribution in [3.8, 4) is 0 Å². The van der Waals surface area contributed by atoms with Gasteiger partial charge in [0.25, 0.3) is 0 Å². The molecule has 180 valence electrons. The number of allylic oxidation sites excluding steroid dienone is 1. The van der Waals surface area contributed by atoms with E-state index in [9.17, 15) is 0 Å². The molecule has 0 N–H and O–H groups in total. The summed E-state index contributed by atoms with van der Waals surface area (Å²) in [6.07, 6.45) is 16.2. The molecule has 5 fully saturated rings. The molecule has 32 heavy (non-hydrogen) atoms. The Balaban J connectivity index is 1.27. The average Bonchev–Trinajstić information content (AvgIpc) is 3.20. The molecular weight excluding hydrogens is 390 g/mol. The van der Waals surface area contributed by atoms with Crippen LogP contribution in [-0.4, -0.2) is 35.7 Å². The number of ether oxygens (including phenoxy) is 1. The summed E-state index contributed by atoms with van der Waals surface area (Å²) in [5.74, 6) is 5.58. The standard InChI is InChI=1S/C30H49NO/c1-18(2)32-22-11-13-29(5)21(15-22)8-9-23-24(29)12-14-30(6)25(23)16-27-28(30)20(4)26-10-7-19(3)17-31(26)27/h8,18-20,22-28H,7,9-17H2,1-6H3/t19-,20+,22?,23?,24?,25?,26?,27?,28?,29-,30-/m0/s1. The minimum atomic E-state index is 0.359. The number of fused-ring (bicyclic) bond motifs is 9. The van der Waals surface area contributed by atoms with Crippen LogP contribution in [0.15, 0.2) is 11.6 Å². The maximum absolute atomic E-state index is 6.28. The Morgan fingerprint density at radius 1 is 1.00 bits per heavy atom. The zero-order valence-electron chi connectivity index (χ0n) is 21.8. The van der Waals surface area contributed by atoms with Crippen molar-refractivity contribution in [2.24, 2.45) is 46.3 Å². The number of nitrogens with zero attached hydrogens (tertiary/aromatic N) is 1. The fourth-order valence-corrected chi connectivity index (χ4v) is 10.9. The van der Waals surface area contributed by atoms with Crippen molar-refractivity contribution < 1.29 is 4.74 Å². The second-order valence-corrected chi connectivity index (χ2v) is 14.0. The lowest BCUT2D eigenvalue weighted by molar-refractivity contribution is -0.0709. The van der Waals surface area contributed by atoms with Crippen LogP contribution >= 0.6 is 0 Å². The monoisotopic (exact) mass is 439 g/mol. The summed E-state index contributed by atoms with van der Waals surface area (Å²) in [4.78, 5) is 3.04. The molecule has 6 aliphatic rings. The number of hydrogen-bond acceptors (Lipinski definition) is 2. The molecule has 0 aromatic carbocycles. The van der Waals surface area contributed by atoms with Gasteiger partial charge in [0, 0.05) is 18.6 Å². The van der Waals surface area contributed by atoms with Gasteiger partial charge in [0.15, 0.2) is 0 Å². The van der Waals surface area contributed by atoms with E-state index in [1.807, 2.05) is 0 Å². The third-order valence-electron chi connectivity index (χ3n) is 12.1. The van der Waals surface area contributed by atoms with E-state index >= 15 is 0 Å². The fraction of sp³-hybridized carbons (Fsp3) is 0.933. The van der Waals surface area contributed by atoms with Crippen LogP contribution in [-0.2, 0) is 4.74 Å². The first kappa shape index (κ1) is 22.1. The van der Waals surface area contributed by atoms with E-state index in [0.717, 1.165) is 47.6 Å². The summed E-state index contributed by atoms with van der Waals surface area (Å²) in [5, 5.41) is 0. The first-order valence-electron chi connectivity index (χ1n) is 14.3. The van der Waals surface area contributed by atoms with E-state index in [2.05, 4.69) is 52.5 Å². The van der Waals surface area contributed by atoms with Crippen molar-refractivity contribution in [3.63, 3.8) is 0 Å². The van der Waals surface area contributed by atoms with Gasteiger partial charge >= 0.3 is 0 Å². The highest BCUT2D eigenvalue weighted by molar-refractivity contribution is 5.27. The van der Waals surface area contributed by atoms with E-state index in [1.54, 1.807) is 5.57 Å². The molecule has 2 saturated heterocycles. The third-order valence-corrected chi connectivity index (χ3v) is 12.1. The Morgan fingerprint density at radius 2 is 1.81 bits per heavy atom. The third kappa shape index (κ3) is 3.03. The van der Waals surface area contributed by atoms with Crippen molar-refractivity contribution in [1.82, 2.24) is 4.90 Å². The lowest BCUT2D eigenvalue weighted by Crippen LogP contribution is -2.51. The van der Waals surface area contributed by atoms with Crippen molar-refractivity contribution in [2.45, 2.75) is 124 Å². The predicted octanol–water partition coefficient (Wildman–Crippen LogP) is 7.09. The Kier molecular flexibility index (Phi) is 5.24.